The molecule has 1 aliphatic heterocycles. The van der Waals surface area contributed by atoms with E-state index in [4.69, 9.17) is 4.74 Å². The topological polar surface area (TPSA) is 25.4 Å². The van der Waals surface area contributed by atoms with E-state index in [1.807, 2.05) is 5.51 Å². The smallest absolute Gasteiger partial charge is 0.0795 e. The largest absolute Gasteiger partial charge is 0.375 e. The number of hydrogen-bond donors (Lipinski definition) is 0. The lowest BCUT2D eigenvalue weighted by Crippen LogP contribution is -2.52. The molecule has 2 fully saturated rings. The highest BCUT2D eigenvalue weighted by molar-refractivity contribution is 7.07. The minimum atomic E-state index is 0.487. The molecule has 0 amide bonds. The van der Waals surface area contributed by atoms with Crippen LogP contribution in [0.25, 0.3) is 0 Å². The molecule has 4 heteroatoms. The Morgan fingerprint density at radius 1 is 1.44 bits per heavy atom. The molecule has 3 rings (SSSR count). The molecule has 0 bridgehead atoms. The van der Waals surface area contributed by atoms with E-state index in [0.29, 0.717) is 12.1 Å². The number of thiazole rings is 1. The van der Waals surface area contributed by atoms with E-state index >= 15 is 0 Å². The maximum Gasteiger partial charge on any atom is 0.0795 e. The van der Waals surface area contributed by atoms with Crippen molar-refractivity contribution in [3.63, 3.8) is 0 Å². The molecule has 0 spiro atoms. The molecule has 1 saturated heterocycles. The molecule has 2 unspecified atom stereocenters. The summed E-state index contributed by atoms with van der Waals surface area (Å²) in [6.45, 7) is 2.97. The first-order valence-corrected chi connectivity index (χ1v) is 7.10. The van der Waals surface area contributed by atoms with Gasteiger partial charge in [-0.15, -0.1) is 11.3 Å². The van der Waals surface area contributed by atoms with Crippen LogP contribution in [0, 0.1) is 0 Å². The van der Waals surface area contributed by atoms with Gasteiger partial charge < -0.3 is 4.74 Å². The van der Waals surface area contributed by atoms with Crippen molar-refractivity contribution in [3.8, 4) is 0 Å². The molecule has 0 N–H and O–H groups in total. The Morgan fingerprint density at radius 2 is 2.38 bits per heavy atom. The number of fused-ring (bicyclic) bond motifs is 1. The van der Waals surface area contributed by atoms with Gasteiger partial charge in [-0.2, -0.15) is 0 Å². The highest BCUT2D eigenvalue weighted by atomic mass is 32.1. The van der Waals surface area contributed by atoms with Crippen LogP contribution in [0.15, 0.2) is 10.9 Å². The Kier molecular flexibility index (Phi) is 3.22. The third-order valence-corrected chi connectivity index (χ3v) is 4.33. The number of rotatable bonds is 2. The zero-order chi connectivity index (χ0) is 10.8. The Labute approximate surface area is 100 Å². The van der Waals surface area contributed by atoms with Crippen molar-refractivity contribution in [1.29, 1.82) is 0 Å². The van der Waals surface area contributed by atoms with Gasteiger partial charge >= 0.3 is 0 Å². The van der Waals surface area contributed by atoms with E-state index in [2.05, 4.69) is 15.3 Å². The van der Waals surface area contributed by atoms with E-state index in [9.17, 15) is 0 Å². The number of ether oxygens (including phenoxy) is 1. The summed E-state index contributed by atoms with van der Waals surface area (Å²) >= 11 is 1.69. The second-order valence-corrected chi connectivity index (χ2v) is 5.43. The van der Waals surface area contributed by atoms with Crippen molar-refractivity contribution in [3.05, 3.63) is 16.6 Å². The Hall–Kier alpha value is -0.450. The molecule has 1 aromatic rings. The standard InChI is InChI=1S/C12H18N2OS/c1-2-4-12-11(3-1)14(5-6-15-12)7-10-8-16-9-13-10/h8-9,11-12H,1-7H2. The van der Waals surface area contributed by atoms with Crippen LogP contribution in [0.3, 0.4) is 0 Å². The van der Waals surface area contributed by atoms with Crippen LogP contribution < -0.4 is 0 Å². The molecule has 1 aliphatic carbocycles. The predicted molar refractivity (Wildman–Crippen MR) is 64.5 cm³/mol. The van der Waals surface area contributed by atoms with Gasteiger partial charge in [0.25, 0.3) is 0 Å². The summed E-state index contributed by atoms with van der Waals surface area (Å²) in [6.07, 6.45) is 5.73. The van der Waals surface area contributed by atoms with Crippen molar-refractivity contribution in [2.24, 2.45) is 0 Å². The lowest BCUT2D eigenvalue weighted by Gasteiger charge is -2.43. The molecular weight excluding hydrogens is 220 g/mol. The summed E-state index contributed by atoms with van der Waals surface area (Å²) in [7, 11) is 0. The van der Waals surface area contributed by atoms with Crippen molar-refractivity contribution in [2.75, 3.05) is 13.2 Å². The summed E-state index contributed by atoms with van der Waals surface area (Å²) < 4.78 is 5.87. The van der Waals surface area contributed by atoms with E-state index in [1.165, 1.54) is 31.4 Å². The lowest BCUT2D eigenvalue weighted by molar-refractivity contribution is -0.0914. The summed E-state index contributed by atoms with van der Waals surface area (Å²) in [5.74, 6) is 0. The van der Waals surface area contributed by atoms with Crippen LogP contribution in [0.1, 0.15) is 31.4 Å². The van der Waals surface area contributed by atoms with Crippen molar-refractivity contribution in [1.82, 2.24) is 9.88 Å². The highest BCUT2D eigenvalue weighted by Gasteiger charge is 2.34. The van der Waals surface area contributed by atoms with Gasteiger partial charge in [-0.05, 0) is 12.8 Å². The quantitative estimate of drug-likeness (QED) is 0.790. The van der Waals surface area contributed by atoms with Crippen molar-refractivity contribution >= 4 is 11.3 Å². The number of hydrogen-bond acceptors (Lipinski definition) is 4. The van der Waals surface area contributed by atoms with Crippen LogP contribution in [-0.2, 0) is 11.3 Å². The third kappa shape index (κ3) is 2.14. The van der Waals surface area contributed by atoms with E-state index < -0.39 is 0 Å². The van der Waals surface area contributed by atoms with E-state index in [-0.39, 0.29) is 0 Å². The van der Waals surface area contributed by atoms with Gasteiger partial charge in [-0.1, -0.05) is 12.8 Å². The maximum atomic E-state index is 5.87. The summed E-state index contributed by atoms with van der Waals surface area (Å²) in [4.78, 5) is 6.96. The van der Waals surface area contributed by atoms with Crippen molar-refractivity contribution < 1.29 is 4.74 Å². The molecule has 2 heterocycles. The van der Waals surface area contributed by atoms with Gasteiger partial charge in [0.05, 0.1) is 23.9 Å². The first-order chi connectivity index (χ1) is 7.93. The van der Waals surface area contributed by atoms with Gasteiger partial charge in [0, 0.05) is 24.5 Å². The molecular formula is C12H18N2OS. The number of morpholine rings is 1. The normalized spacial score (nSPS) is 31.2. The van der Waals surface area contributed by atoms with E-state index in [1.54, 1.807) is 11.3 Å². The lowest BCUT2D eigenvalue weighted by atomic mass is 9.90. The predicted octanol–water partition coefficient (Wildman–Crippen LogP) is 2.29. The Morgan fingerprint density at radius 3 is 3.25 bits per heavy atom. The maximum absolute atomic E-state index is 5.87. The van der Waals surface area contributed by atoms with Crippen molar-refractivity contribution in [2.45, 2.75) is 44.4 Å². The van der Waals surface area contributed by atoms with Crippen LogP contribution in [-0.4, -0.2) is 35.2 Å². The molecule has 0 radical (unpaired) electrons. The average Bonchev–Trinajstić information content (AvgIpc) is 2.82. The minimum Gasteiger partial charge on any atom is -0.375 e. The van der Waals surface area contributed by atoms with Gasteiger partial charge in [0.1, 0.15) is 0 Å². The second-order valence-electron chi connectivity index (χ2n) is 4.71. The second kappa shape index (κ2) is 4.82. The van der Waals surface area contributed by atoms with Crippen LogP contribution in [0.4, 0.5) is 0 Å². The fourth-order valence-corrected chi connectivity index (χ4v) is 3.45. The SMILES string of the molecule is c1nc(CN2CCOC3CCCCC32)cs1. The molecule has 16 heavy (non-hydrogen) atoms. The third-order valence-electron chi connectivity index (χ3n) is 3.70. The Balaban J connectivity index is 1.68. The van der Waals surface area contributed by atoms with Gasteiger partial charge in [0.15, 0.2) is 0 Å². The molecule has 2 aliphatic rings. The average molecular weight is 238 g/mol. The van der Waals surface area contributed by atoms with Gasteiger partial charge in [-0.25, -0.2) is 4.98 Å². The molecule has 2 atom stereocenters. The van der Waals surface area contributed by atoms with Crippen LogP contribution in [0.2, 0.25) is 0 Å². The van der Waals surface area contributed by atoms with Gasteiger partial charge in [0.2, 0.25) is 0 Å². The van der Waals surface area contributed by atoms with Gasteiger partial charge in [-0.3, -0.25) is 4.90 Å². The molecule has 0 aromatic carbocycles. The summed E-state index contributed by atoms with van der Waals surface area (Å²) in [5.41, 5.74) is 3.14. The molecule has 88 valence electrons. The fourth-order valence-electron chi connectivity index (χ4n) is 2.90. The van der Waals surface area contributed by atoms with E-state index in [0.717, 1.165) is 19.7 Å². The zero-order valence-electron chi connectivity index (χ0n) is 9.47. The summed E-state index contributed by atoms with van der Waals surface area (Å²) in [5, 5.41) is 2.16. The highest BCUT2D eigenvalue weighted by Crippen LogP contribution is 2.29. The molecule has 3 nitrogen and oxygen atoms in total. The Bertz CT molecular complexity index is 326. The number of aromatic nitrogens is 1. The summed E-state index contributed by atoms with van der Waals surface area (Å²) in [6, 6.07) is 0.643. The molecule has 1 saturated carbocycles. The minimum absolute atomic E-state index is 0.487. The van der Waals surface area contributed by atoms with Crippen LogP contribution in [0.5, 0.6) is 0 Å². The first-order valence-electron chi connectivity index (χ1n) is 6.16. The number of nitrogens with zero attached hydrogens (tertiary/aromatic N) is 2. The first kappa shape index (κ1) is 10.7. The zero-order valence-corrected chi connectivity index (χ0v) is 10.3. The van der Waals surface area contributed by atoms with Crippen LogP contribution >= 0.6 is 11.3 Å². The molecule has 1 aromatic heterocycles. The monoisotopic (exact) mass is 238 g/mol. The fraction of sp³-hybridized carbons (Fsp3) is 0.750.